The number of amides is 1. The number of nitrogens with one attached hydrogen (secondary N) is 2. The van der Waals surface area contributed by atoms with Crippen LogP contribution in [0.2, 0.25) is 5.02 Å². The van der Waals surface area contributed by atoms with Crippen molar-refractivity contribution in [3.63, 3.8) is 0 Å². The van der Waals surface area contributed by atoms with Crippen LogP contribution >= 0.6 is 11.6 Å². The third-order valence-electron chi connectivity index (χ3n) is 3.93. The third-order valence-corrected chi connectivity index (χ3v) is 5.63. The van der Waals surface area contributed by atoms with Gasteiger partial charge < -0.3 is 10.1 Å². The van der Waals surface area contributed by atoms with Crippen molar-refractivity contribution in [3.8, 4) is 5.75 Å². The summed E-state index contributed by atoms with van der Waals surface area (Å²) in [7, 11) is -2.39. The Hall–Kier alpha value is -3.10. The molecule has 0 fully saturated rings. The molecule has 0 saturated carbocycles. The molecular formula is C20H16ClFN2O4S. The maximum atomic E-state index is 13.0. The smallest absolute Gasteiger partial charge is 0.261 e. The highest BCUT2D eigenvalue weighted by atomic mass is 35.5. The molecule has 0 aromatic heterocycles. The zero-order valence-corrected chi connectivity index (χ0v) is 16.7. The molecule has 0 spiro atoms. The van der Waals surface area contributed by atoms with Crippen molar-refractivity contribution in [2.24, 2.45) is 0 Å². The van der Waals surface area contributed by atoms with Crippen LogP contribution < -0.4 is 14.8 Å². The summed E-state index contributed by atoms with van der Waals surface area (Å²) in [5.74, 6) is -0.420. The number of anilines is 2. The second kappa shape index (κ2) is 8.50. The molecule has 0 aliphatic carbocycles. The fraction of sp³-hybridized carbons (Fsp3) is 0.0500. The second-order valence-electron chi connectivity index (χ2n) is 5.94. The van der Waals surface area contributed by atoms with Gasteiger partial charge in [0.15, 0.2) is 0 Å². The molecule has 0 unspecified atom stereocenters. The van der Waals surface area contributed by atoms with Gasteiger partial charge in [-0.25, -0.2) is 12.8 Å². The van der Waals surface area contributed by atoms with Crippen LogP contribution in [0.25, 0.3) is 0 Å². The molecule has 1 amide bonds. The van der Waals surface area contributed by atoms with Gasteiger partial charge in [0.1, 0.15) is 11.6 Å². The van der Waals surface area contributed by atoms with E-state index < -0.39 is 21.7 Å². The minimum Gasteiger partial charge on any atom is -0.495 e. The number of carbonyl (C=O) groups is 1. The van der Waals surface area contributed by atoms with Crippen molar-refractivity contribution in [1.82, 2.24) is 0 Å². The summed E-state index contributed by atoms with van der Waals surface area (Å²) in [6, 6.07) is 15.1. The quantitative estimate of drug-likeness (QED) is 0.596. The summed E-state index contributed by atoms with van der Waals surface area (Å²) >= 11 is 6.03. The maximum absolute atomic E-state index is 13.0. The van der Waals surface area contributed by atoms with Gasteiger partial charge in [-0.05, 0) is 66.7 Å². The van der Waals surface area contributed by atoms with E-state index in [1.807, 2.05) is 0 Å². The van der Waals surface area contributed by atoms with Crippen LogP contribution in [-0.2, 0) is 10.0 Å². The number of methoxy groups -OCH3 is 1. The van der Waals surface area contributed by atoms with E-state index >= 15 is 0 Å². The number of ether oxygens (including phenoxy) is 1. The first-order chi connectivity index (χ1) is 13.8. The van der Waals surface area contributed by atoms with E-state index in [1.165, 1.54) is 43.5 Å². The van der Waals surface area contributed by atoms with Crippen molar-refractivity contribution < 1.29 is 22.3 Å². The number of hydrogen-bond donors (Lipinski definition) is 2. The monoisotopic (exact) mass is 434 g/mol. The van der Waals surface area contributed by atoms with E-state index in [1.54, 1.807) is 18.2 Å². The minimum atomic E-state index is -3.88. The predicted octanol–water partition coefficient (Wildman–Crippen LogP) is 4.54. The van der Waals surface area contributed by atoms with Crippen molar-refractivity contribution in [1.29, 1.82) is 0 Å². The lowest BCUT2D eigenvalue weighted by molar-refractivity contribution is 0.102. The zero-order chi connectivity index (χ0) is 21.0. The van der Waals surface area contributed by atoms with Gasteiger partial charge in [0.2, 0.25) is 0 Å². The first-order valence-electron chi connectivity index (χ1n) is 8.32. The van der Waals surface area contributed by atoms with Crippen LogP contribution in [0, 0.1) is 5.82 Å². The summed E-state index contributed by atoms with van der Waals surface area (Å²) in [5.41, 5.74) is 0.956. The van der Waals surface area contributed by atoms with E-state index in [4.69, 9.17) is 16.3 Å². The van der Waals surface area contributed by atoms with Gasteiger partial charge in [0.05, 0.1) is 17.0 Å². The normalized spacial score (nSPS) is 11.0. The lowest BCUT2D eigenvalue weighted by Gasteiger charge is -2.10. The highest BCUT2D eigenvalue weighted by Crippen LogP contribution is 2.27. The summed E-state index contributed by atoms with van der Waals surface area (Å²) in [5, 5.41) is 3.02. The first kappa shape index (κ1) is 20.6. The Morgan fingerprint density at radius 3 is 2.17 bits per heavy atom. The van der Waals surface area contributed by atoms with Crippen LogP contribution in [0.1, 0.15) is 10.4 Å². The molecule has 9 heteroatoms. The Kier molecular flexibility index (Phi) is 6.05. The molecule has 3 aromatic rings. The topological polar surface area (TPSA) is 84.5 Å². The van der Waals surface area contributed by atoms with Gasteiger partial charge in [-0.15, -0.1) is 0 Å². The van der Waals surface area contributed by atoms with Gasteiger partial charge in [-0.1, -0.05) is 11.6 Å². The fourth-order valence-electron chi connectivity index (χ4n) is 2.46. The Labute approximate surface area is 172 Å². The van der Waals surface area contributed by atoms with Crippen molar-refractivity contribution in [2.75, 3.05) is 17.1 Å². The molecule has 3 rings (SSSR count). The van der Waals surface area contributed by atoms with Crippen LogP contribution in [0.3, 0.4) is 0 Å². The molecule has 0 aliphatic rings. The van der Waals surface area contributed by atoms with Gasteiger partial charge in [0, 0.05) is 16.9 Å². The number of carbonyl (C=O) groups excluding carboxylic acids is 1. The Bertz CT molecular complexity index is 1130. The van der Waals surface area contributed by atoms with E-state index in [0.29, 0.717) is 16.5 Å². The maximum Gasteiger partial charge on any atom is 0.261 e. The molecule has 0 heterocycles. The Balaban J connectivity index is 1.72. The average molecular weight is 435 g/mol. The van der Waals surface area contributed by atoms with Crippen LogP contribution in [0.15, 0.2) is 71.6 Å². The lowest BCUT2D eigenvalue weighted by atomic mass is 10.2. The van der Waals surface area contributed by atoms with Crippen LogP contribution in [0.5, 0.6) is 5.75 Å². The lowest BCUT2D eigenvalue weighted by Crippen LogP contribution is -2.15. The fourth-order valence-corrected chi connectivity index (χ4v) is 3.78. The van der Waals surface area contributed by atoms with E-state index in [2.05, 4.69) is 10.0 Å². The highest BCUT2D eigenvalue weighted by Gasteiger charge is 2.16. The molecule has 0 atom stereocenters. The molecule has 0 bridgehead atoms. The van der Waals surface area contributed by atoms with Gasteiger partial charge in [-0.3, -0.25) is 9.52 Å². The van der Waals surface area contributed by atoms with Gasteiger partial charge >= 0.3 is 0 Å². The highest BCUT2D eigenvalue weighted by molar-refractivity contribution is 7.92. The first-order valence-corrected chi connectivity index (χ1v) is 10.2. The van der Waals surface area contributed by atoms with Crippen molar-refractivity contribution >= 4 is 38.9 Å². The number of rotatable bonds is 6. The average Bonchev–Trinajstić information content (AvgIpc) is 2.70. The number of sulfonamides is 1. The molecule has 29 heavy (non-hydrogen) atoms. The van der Waals surface area contributed by atoms with E-state index in [9.17, 15) is 17.6 Å². The van der Waals surface area contributed by atoms with Gasteiger partial charge in [0.25, 0.3) is 15.9 Å². The number of hydrogen-bond acceptors (Lipinski definition) is 4. The summed E-state index contributed by atoms with van der Waals surface area (Å²) in [4.78, 5) is 12.3. The number of halogens is 2. The SMILES string of the molecule is COc1ccc(NC(=O)c2ccc(S(=O)(=O)Nc3ccc(F)cc3)cc2)cc1Cl. The number of benzene rings is 3. The molecule has 6 nitrogen and oxygen atoms in total. The van der Waals surface area contributed by atoms with Crippen molar-refractivity contribution in [3.05, 3.63) is 83.1 Å². The molecule has 0 saturated heterocycles. The Morgan fingerprint density at radius 1 is 0.966 bits per heavy atom. The van der Waals surface area contributed by atoms with Gasteiger partial charge in [-0.2, -0.15) is 0 Å². The second-order valence-corrected chi connectivity index (χ2v) is 8.03. The third kappa shape index (κ3) is 5.04. The van der Waals surface area contributed by atoms with Crippen molar-refractivity contribution in [2.45, 2.75) is 4.90 Å². The molecular weight excluding hydrogens is 419 g/mol. The van der Waals surface area contributed by atoms with Crippen LogP contribution in [-0.4, -0.2) is 21.4 Å². The van der Waals surface area contributed by atoms with Crippen LogP contribution in [0.4, 0.5) is 15.8 Å². The summed E-state index contributed by atoms with van der Waals surface area (Å²) in [6.07, 6.45) is 0. The molecule has 0 aliphatic heterocycles. The van der Waals surface area contributed by atoms with E-state index in [0.717, 1.165) is 12.1 Å². The Morgan fingerprint density at radius 2 is 1.59 bits per heavy atom. The molecule has 150 valence electrons. The summed E-state index contributed by atoms with van der Waals surface area (Å²) < 4.78 is 45.2. The summed E-state index contributed by atoms with van der Waals surface area (Å²) in [6.45, 7) is 0. The largest absolute Gasteiger partial charge is 0.495 e. The van der Waals surface area contributed by atoms with E-state index in [-0.39, 0.29) is 16.1 Å². The predicted molar refractivity (Wildman–Crippen MR) is 110 cm³/mol. The zero-order valence-electron chi connectivity index (χ0n) is 15.1. The molecule has 2 N–H and O–H groups in total. The minimum absolute atomic E-state index is 0.0362. The molecule has 3 aromatic carbocycles. The standard InChI is InChI=1S/C20H16ClFN2O4S/c1-28-19-11-8-16(12-18(19)21)23-20(25)13-2-9-17(10-3-13)29(26,27)24-15-6-4-14(22)5-7-15/h2-12,24H,1H3,(H,23,25). The molecule has 0 radical (unpaired) electrons.